The third-order valence-electron chi connectivity index (χ3n) is 4.22. The first-order valence-corrected chi connectivity index (χ1v) is 8.54. The summed E-state index contributed by atoms with van der Waals surface area (Å²) >= 11 is 5.92. The number of hydrogen-bond donors (Lipinski definition) is 1. The minimum atomic E-state index is -0.573. The summed E-state index contributed by atoms with van der Waals surface area (Å²) in [5, 5.41) is 3.86. The van der Waals surface area contributed by atoms with E-state index in [1.165, 1.54) is 14.2 Å². The fourth-order valence-electron chi connectivity index (χ4n) is 2.90. The molecule has 140 valence electrons. The zero-order valence-corrected chi connectivity index (χ0v) is 15.8. The molecule has 2 aromatic carbocycles. The molecule has 1 aromatic heterocycles. The molecule has 0 aliphatic heterocycles. The molecule has 3 rings (SSSR count). The van der Waals surface area contributed by atoms with Gasteiger partial charge in [-0.05, 0) is 30.7 Å². The van der Waals surface area contributed by atoms with Crippen LogP contribution in [0, 0.1) is 6.92 Å². The Morgan fingerprint density at radius 1 is 1.19 bits per heavy atom. The van der Waals surface area contributed by atoms with Gasteiger partial charge >= 0.3 is 5.63 Å². The Kier molecular flexibility index (Phi) is 5.37. The number of nitrogens with one attached hydrogen (secondary N) is 1. The number of fused-ring (bicyclic) bond motifs is 1. The second-order valence-electron chi connectivity index (χ2n) is 5.93. The number of carbonyl (C=O) groups excluding carboxylic acids is 1. The Bertz CT molecular complexity index is 1070. The molecule has 0 fully saturated rings. The lowest BCUT2D eigenvalue weighted by molar-refractivity contribution is -0.115. The lowest BCUT2D eigenvalue weighted by atomic mass is 10.0. The maximum absolute atomic E-state index is 12.4. The molecule has 0 aliphatic rings. The van der Waals surface area contributed by atoms with E-state index >= 15 is 0 Å². The first kappa shape index (κ1) is 18.8. The summed E-state index contributed by atoms with van der Waals surface area (Å²) in [7, 11) is 3.03. The van der Waals surface area contributed by atoms with Crippen LogP contribution in [0.2, 0.25) is 5.02 Å². The summed E-state index contributed by atoms with van der Waals surface area (Å²) in [6, 6.07) is 10.1. The van der Waals surface area contributed by atoms with E-state index in [4.69, 9.17) is 25.5 Å². The molecule has 1 N–H and O–H groups in total. The van der Waals surface area contributed by atoms with E-state index < -0.39 is 5.63 Å². The SMILES string of the molecule is COc1cc(OC)c2c(C)c(CC(=O)Nc3cccc(Cl)c3)c(=O)oc2c1. The largest absolute Gasteiger partial charge is 0.496 e. The number of ether oxygens (including phenoxy) is 2. The van der Waals surface area contributed by atoms with E-state index in [9.17, 15) is 9.59 Å². The summed E-state index contributed by atoms with van der Waals surface area (Å²) in [4.78, 5) is 24.8. The highest BCUT2D eigenvalue weighted by Gasteiger charge is 2.18. The number of methoxy groups -OCH3 is 2. The van der Waals surface area contributed by atoms with Gasteiger partial charge in [0.15, 0.2) is 0 Å². The van der Waals surface area contributed by atoms with Crippen molar-refractivity contribution in [3.8, 4) is 11.5 Å². The molecule has 1 heterocycles. The number of amides is 1. The number of benzene rings is 2. The Labute approximate surface area is 160 Å². The molecule has 6 nitrogen and oxygen atoms in total. The van der Waals surface area contributed by atoms with Crippen molar-refractivity contribution < 1.29 is 18.7 Å². The molecular weight excluding hydrogens is 370 g/mol. The molecule has 27 heavy (non-hydrogen) atoms. The Hall–Kier alpha value is -2.99. The molecule has 0 unspecified atom stereocenters. The van der Waals surface area contributed by atoms with Crippen LogP contribution in [0.5, 0.6) is 11.5 Å². The zero-order valence-electron chi connectivity index (χ0n) is 15.1. The first-order valence-electron chi connectivity index (χ1n) is 8.16. The van der Waals surface area contributed by atoms with Gasteiger partial charge < -0.3 is 19.2 Å². The van der Waals surface area contributed by atoms with Crippen LogP contribution in [-0.4, -0.2) is 20.1 Å². The van der Waals surface area contributed by atoms with E-state index in [0.29, 0.717) is 38.7 Å². The van der Waals surface area contributed by atoms with Gasteiger partial charge in [0.1, 0.15) is 17.1 Å². The highest BCUT2D eigenvalue weighted by atomic mass is 35.5. The number of halogens is 1. The summed E-state index contributed by atoms with van der Waals surface area (Å²) in [5.74, 6) is 0.662. The van der Waals surface area contributed by atoms with Crippen LogP contribution in [0.4, 0.5) is 5.69 Å². The van der Waals surface area contributed by atoms with E-state index in [0.717, 1.165) is 0 Å². The monoisotopic (exact) mass is 387 g/mol. The van der Waals surface area contributed by atoms with E-state index in [-0.39, 0.29) is 17.9 Å². The Morgan fingerprint density at radius 3 is 2.63 bits per heavy atom. The van der Waals surface area contributed by atoms with Gasteiger partial charge in [0.2, 0.25) is 5.91 Å². The summed E-state index contributed by atoms with van der Waals surface area (Å²) in [5.41, 5.74) is 1.22. The summed E-state index contributed by atoms with van der Waals surface area (Å²) in [6.45, 7) is 1.76. The van der Waals surface area contributed by atoms with E-state index in [1.54, 1.807) is 43.3 Å². The van der Waals surface area contributed by atoms with Crippen molar-refractivity contribution in [1.82, 2.24) is 0 Å². The maximum Gasteiger partial charge on any atom is 0.340 e. The predicted octanol–water partition coefficient (Wildman–Crippen LogP) is 3.95. The Morgan fingerprint density at radius 2 is 1.96 bits per heavy atom. The van der Waals surface area contributed by atoms with Gasteiger partial charge in [0.25, 0.3) is 0 Å². The smallest absolute Gasteiger partial charge is 0.340 e. The molecule has 0 saturated carbocycles. The first-order chi connectivity index (χ1) is 12.9. The van der Waals surface area contributed by atoms with Crippen molar-refractivity contribution in [1.29, 1.82) is 0 Å². The van der Waals surface area contributed by atoms with Crippen molar-refractivity contribution in [3.63, 3.8) is 0 Å². The standard InChI is InChI=1S/C20H18ClNO5/c1-11-15(10-18(23)22-13-6-4-5-12(21)7-13)20(24)27-17-9-14(25-2)8-16(26-3)19(11)17/h4-9H,10H2,1-3H3,(H,22,23). The van der Waals surface area contributed by atoms with Gasteiger partial charge in [-0.1, -0.05) is 17.7 Å². The highest BCUT2D eigenvalue weighted by Crippen LogP contribution is 2.33. The number of carbonyl (C=O) groups is 1. The van der Waals surface area contributed by atoms with Crippen molar-refractivity contribution in [3.05, 3.63) is 63.0 Å². The van der Waals surface area contributed by atoms with Crippen LogP contribution in [0.25, 0.3) is 11.0 Å². The van der Waals surface area contributed by atoms with Gasteiger partial charge in [-0.15, -0.1) is 0 Å². The molecular formula is C20H18ClNO5. The molecule has 0 aliphatic carbocycles. The number of rotatable bonds is 5. The lowest BCUT2D eigenvalue weighted by Gasteiger charge is -2.13. The second-order valence-corrected chi connectivity index (χ2v) is 6.37. The topological polar surface area (TPSA) is 77.8 Å². The second kappa shape index (κ2) is 7.72. The molecule has 0 atom stereocenters. The van der Waals surface area contributed by atoms with Crippen LogP contribution >= 0.6 is 11.6 Å². The van der Waals surface area contributed by atoms with Gasteiger partial charge in [-0.2, -0.15) is 0 Å². The zero-order chi connectivity index (χ0) is 19.6. The van der Waals surface area contributed by atoms with Crippen LogP contribution in [0.15, 0.2) is 45.6 Å². The predicted molar refractivity (Wildman–Crippen MR) is 104 cm³/mol. The van der Waals surface area contributed by atoms with Crippen molar-refractivity contribution in [2.75, 3.05) is 19.5 Å². The average molecular weight is 388 g/mol. The molecule has 0 bridgehead atoms. The molecule has 0 spiro atoms. The van der Waals surface area contributed by atoms with Crippen molar-refractivity contribution >= 4 is 34.2 Å². The Balaban J connectivity index is 1.99. The summed E-state index contributed by atoms with van der Waals surface area (Å²) in [6.07, 6.45) is -0.133. The molecule has 0 saturated heterocycles. The van der Waals surface area contributed by atoms with Crippen LogP contribution in [-0.2, 0) is 11.2 Å². The van der Waals surface area contributed by atoms with Crippen molar-refractivity contribution in [2.24, 2.45) is 0 Å². The van der Waals surface area contributed by atoms with Gasteiger partial charge in [-0.25, -0.2) is 4.79 Å². The minimum absolute atomic E-state index is 0.133. The fourth-order valence-corrected chi connectivity index (χ4v) is 3.09. The van der Waals surface area contributed by atoms with Gasteiger partial charge in [0, 0.05) is 22.8 Å². The van der Waals surface area contributed by atoms with Crippen molar-refractivity contribution in [2.45, 2.75) is 13.3 Å². The van der Waals surface area contributed by atoms with Gasteiger partial charge in [-0.3, -0.25) is 4.79 Å². The third-order valence-corrected chi connectivity index (χ3v) is 4.45. The normalized spacial score (nSPS) is 10.7. The fraction of sp³-hybridized carbons (Fsp3) is 0.200. The van der Waals surface area contributed by atoms with E-state index in [1.807, 2.05) is 0 Å². The number of anilines is 1. The average Bonchev–Trinajstić information content (AvgIpc) is 2.64. The molecule has 0 radical (unpaired) electrons. The number of aryl methyl sites for hydroxylation is 1. The minimum Gasteiger partial charge on any atom is -0.496 e. The molecule has 7 heteroatoms. The maximum atomic E-state index is 12.4. The van der Waals surface area contributed by atoms with Crippen LogP contribution in [0.1, 0.15) is 11.1 Å². The number of hydrogen-bond acceptors (Lipinski definition) is 5. The quantitative estimate of drug-likeness (QED) is 0.670. The molecule has 1 amide bonds. The van der Waals surface area contributed by atoms with E-state index in [2.05, 4.69) is 5.32 Å². The summed E-state index contributed by atoms with van der Waals surface area (Å²) < 4.78 is 16.0. The highest BCUT2D eigenvalue weighted by molar-refractivity contribution is 6.30. The third kappa shape index (κ3) is 3.90. The molecule has 3 aromatic rings. The lowest BCUT2D eigenvalue weighted by Crippen LogP contribution is -2.20. The van der Waals surface area contributed by atoms with Gasteiger partial charge in [0.05, 0.1) is 31.6 Å². The van der Waals surface area contributed by atoms with Crippen LogP contribution < -0.4 is 20.4 Å². The van der Waals surface area contributed by atoms with Crippen LogP contribution in [0.3, 0.4) is 0 Å².